The molecule has 2 nitrogen and oxygen atoms in total. The van der Waals surface area contributed by atoms with Crippen molar-refractivity contribution in [1.82, 2.24) is 9.47 Å². The van der Waals surface area contributed by atoms with E-state index < -0.39 is 0 Å². The molecule has 0 amide bonds. The van der Waals surface area contributed by atoms with Crippen molar-refractivity contribution in [2.45, 2.75) is 33.0 Å². The molecule has 0 N–H and O–H groups in total. The number of hydrogen-bond donors (Lipinski definition) is 0. The first kappa shape index (κ1) is 17.3. The highest BCUT2D eigenvalue weighted by Crippen LogP contribution is 2.33. The second-order valence-electron chi connectivity index (χ2n) is 7.96. The van der Waals surface area contributed by atoms with Crippen LogP contribution in [0.15, 0.2) is 78.9 Å². The Kier molecular flexibility index (Phi) is 4.50. The fourth-order valence-electron chi connectivity index (χ4n) is 4.54. The van der Waals surface area contributed by atoms with E-state index in [0.717, 1.165) is 32.6 Å². The molecule has 1 aliphatic heterocycles. The van der Waals surface area contributed by atoms with Crippen LogP contribution in [0.4, 0.5) is 0 Å². The van der Waals surface area contributed by atoms with E-state index in [0.29, 0.717) is 0 Å². The smallest absolute Gasteiger partial charge is 0.0489 e. The Labute approximate surface area is 167 Å². The maximum absolute atomic E-state index is 2.59. The topological polar surface area (TPSA) is 8.17 Å². The first-order chi connectivity index (χ1) is 13.8. The van der Waals surface area contributed by atoms with E-state index in [9.17, 15) is 0 Å². The fourth-order valence-corrected chi connectivity index (χ4v) is 4.54. The third-order valence-corrected chi connectivity index (χ3v) is 5.92. The molecule has 0 spiro atoms. The summed E-state index contributed by atoms with van der Waals surface area (Å²) in [4.78, 5) is 2.59. The van der Waals surface area contributed by atoms with Crippen LogP contribution in [0.1, 0.15) is 27.9 Å². The van der Waals surface area contributed by atoms with Gasteiger partial charge >= 0.3 is 0 Å². The summed E-state index contributed by atoms with van der Waals surface area (Å²) in [5.74, 6) is 0. The van der Waals surface area contributed by atoms with Gasteiger partial charge in [-0.1, -0.05) is 72.3 Å². The highest BCUT2D eigenvalue weighted by Gasteiger charge is 2.24. The first-order valence-corrected chi connectivity index (χ1v) is 10.2. The van der Waals surface area contributed by atoms with Crippen molar-refractivity contribution in [3.8, 4) is 0 Å². The summed E-state index contributed by atoms with van der Waals surface area (Å²) in [5.41, 5.74) is 8.53. The van der Waals surface area contributed by atoms with E-state index in [1.807, 2.05) is 0 Å². The third kappa shape index (κ3) is 3.25. The molecule has 2 heterocycles. The average Bonchev–Trinajstić information content (AvgIpc) is 3.02. The number of benzene rings is 3. The molecule has 0 unspecified atom stereocenters. The molecule has 5 rings (SSSR count). The van der Waals surface area contributed by atoms with Crippen LogP contribution in [-0.4, -0.2) is 16.0 Å². The van der Waals surface area contributed by atoms with Gasteiger partial charge < -0.3 is 4.57 Å². The lowest BCUT2D eigenvalue weighted by Crippen LogP contribution is -2.30. The minimum Gasteiger partial charge on any atom is -0.340 e. The van der Waals surface area contributed by atoms with Crippen LogP contribution < -0.4 is 0 Å². The van der Waals surface area contributed by atoms with Crippen LogP contribution in [0.25, 0.3) is 10.9 Å². The predicted molar refractivity (Wildman–Crippen MR) is 116 cm³/mol. The van der Waals surface area contributed by atoms with Gasteiger partial charge in [-0.05, 0) is 35.7 Å². The summed E-state index contributed by atoms with van der Waals surface area (Å²) in [7, 11) is 0. The van der Waals surface area contributed by atoms with Gasteiger partial charge in [-0.25, -0.2) is 0 Å². The molecule has 0 fully saturated rings. The Morgan fingerprint density at radius 3 is 2.18 bits per heavy atom. The van der Waals surface area contributed by atoms with Crippen LogP contribution in [0.5, 0.6) is 0 Å². The summed E-state index contributed by atoms with van der Waals surface area (Å²) in [6.45, 7) is 6.33. The van der Waals surface area contributed by atoms with Gasteiger partial charge in [-0.3, -0.25) is 4.90 Å². The van der Waals surface area contributed by atoms with Gasteiger partial charge in [0.05, 0.1) is 0 Å². The van der Waals surface area contributed by atoms with E-state index >= 15 is 0 Å². The standard InChI is InChI=1S/C26H26N2/c1-20-12-13-25-23(16-20)24-19-27(17-21-8-4-2-5-9-21)15-14-26(24)28(25)18-22-10-6-3-7-11-22/h2-13,16H,14-15,17-19H2,1H3. The van der Waals surface area contributed by atoms with Crippen LogP contribution in [0, 0.1) is 6.92 Å². The van der Waals surface area contributed by atoms with Crippen molar-refractivity contribution < 1.29 is 0 Å². The predicted octanol–water partition coefficient (Wildman–Crippen LogP) is 5.56. The van der Waals surface area contributed by atoms with E-state index in [1.54, 1.807) is 0 Å². The molecule has 3 aromatic carbocycles. The zero-order valence-corrected chi connectivity index (χ0v) is 16.4. The molecule has 1 aromatic heterocycles. The molecule has 140 valence electrons. The number of hydrogen-bond acceptors (Lipinski definition) is 1. The summed E-state index contributed by atoms with van der Waals surface area (Å²) in [5, 5.41) is 1.43. The SMILES string of the molecule is Cc1ccc2c(c1)c1c(n2Cc2ccccc2)CCN(Cc2ccccc2)C1. The maximum atomic E-state index is 2.59. The van der Waals surface area contributed by atoms with E-state index in [-0.39, 0.29) is 0 Å². The Morgan fingerprint density at radius 1 is 0.786 bits per heavy atom. The number of aromatic nitrogens is 1. The zero-order chi connectivity index (χ0) is 18.9. The van der Waals surface area contributed by atoms with Crippen LogP contribution >= 0.6 is 0 Å². The quantitative estimate of drug-likeness (QED) is 0.459. The Hall–Kier alpha value is -2.84. The van der Waals surface area contributed by atoms with Crippen molar-refractivity contribution in [3.05, 3.63) is 107 Å². The minimum atomic E-state index is 0.953. The number of nitrogens with zero attached hydrogens (tertiary/aromatic N) is 2. The summed E-state index contributed by atoms with van der Waals surface area (Å²) >= 11 is 0. The van der Waals surface area contributed by atoms with Crippen molar-refractivity contribution >= 4 is 10.9 Å². The lowest BCUT2D eigenvalue weighted by atomic mass is 10.0. The van der Waals surface area contributed by atoms with Crippen molar-refractivity contribution in [1.29, 1.82) is 0 Å². The van der Waals surface area contributed by atoms with E-state index in [2.05, 4.69) is 95.3 Å². The molecule has 0 bridgehead atoms. The molecule has 4 aromatic rings. The number of fused-ring (bicyclic) bond motifs is 3. The highest BCUT2D eigenvalue weighted by molar-refractivity contribution is 5.86. The Morgan fingerprint density at radius 2 is 1.46 bits per heavy atom. The summed E-state index contributed by atoms with van der Waals surface area (Å²) in [6, 6.07) is 28.6. The second-order valence-corrected chi connectivity index (χ2v) is 7.96. The molecular formula is C26H26N2. The van der Waals surface area contributed by atoms with E-state index in [4.69, 9.17) is 0 Å². The molecule has 28 heavy (non-hydrogen) atoms. The third-order valence-electron chi connectivity index (χ3n) is 5.92. The van der Waals surface area contributed by atoms with E-state index in [1.165, 1.54) is 38.9 Å². The van der Waals surface area contributed by atoms with Crippen LogP contribution in [0.3, 0.4) is 0 Å². The van der Waals surface area contributed by atoms with Gasteiger partial charge in [0, 0.05) is 49.2 Å². The molecule has 0 saturated heterocycles. The first-order valence-electron chi connectivity index (χ1n) is 10.2. The van der Waals surface area contributed by atoms with Crippen molar-refractivity contribution in [3.63, 3.8) is 0 Å². The van der Waals surface area contributed by atoms with Gasteiger partial charge in [0.1, 0.15) is 0 Å². The molecular weight excluding hydrogens is 340 g/mol. The largest absolute Gasteiger partial charge is 0.340 e. The summed E-state index contributed by atoms with van der Waals surface area (Å²) < 4.78 is 2.55. The Balaban J connectivity index is 1.53. The van der Waals surface area contributed by atoms with Gasteiger partial charge in [-0.15, -0.1) is 0 Å². The molecule has 0 aliphatic carbocycles. The lowest BCUT2D eigenvalue weighted by Gasteiger charge is -2.28. The van der Waals surface area contributed by atoms with Crippen molar-refractivity contribution in [2.24, 2.45) is 0 Å². The zero-order valence-electron chi connectivity index (χ0n) is 16.4. The van der Waals surface area contributed by atoms with Gasteiger partial charge in [0.15, 0.2) is 0 Å². The van der Waals surface area contributed by atoms with Crippen LogP contribution in [-0.2, 0) is 26.1 Å². The summed E-state index contributed by atoms with van der Waals surface area (Å²) in [6.07, 6.45) is 1.11. The van der Waals surface area contributed by atoms with Crippen LogP contribution in [0.2, 0.25) is 0 Å². The normalized spacial score (nSPS) is 14.3. The number of aryl methyl sites for hydroxylation is 1. The molecule has 0 atom stereocenters. The monoisotopic (exact) mass is 366 g/mol. The Bertz CT molecular complexity index is 1090. The molecule has 1 aliphatic rings. The fraction of sp³-hybridized carbons (Fsp3) is 0.231. The minimum absolute atomic E-state index is 0.953. The van der Waals surface area contributed by atoms with Gasteiger partial charge in [0.2, 0.25) is 0 Å². The van der Waals surface area contributed by atoms with Gasteiger partial charge in [-0.2, -0.15) is 0 Å². The molecule has 2 heteroatoms. The van der Waals surface area contributed by atoms with Crippen molar-refractivity contribution in [2.75, 3.05) is 6.54 Å². The maximum Gasteiger partial charge on any atom is 0.0489 e. The molecule has 0 radical (unpaired) electrons. The van der Waals surface area contributed by atoms with Gasteiger partial charge in [0.25, 0.3) is 0 Å². The molecule has 0 saturated carbocycles. The number of rotatable bonds is 4. The average molecular weight is 367 g/mol. The second kappa shape index (κ2) is 7.29. The highest BCUT2D eigenvalue weighted by atomic mass is 15.1. The lowest BCUT2D eigenvalue weighted by molar-refractivity contribution is 0.243.